The predicted octanol–water partition coefficient (Wildman–Crippen LogP) is 4.18. The minimum atomic E-state index is -0.492. The molecule has 0 atom stereocenters. The van der Waals surface area contributed by atoms with E-state index in [1.807, 2.05) is 12.1 Å². The molecule has 29 heavy (non-hydrogen) atoms. The molecule has 0 unspecified atom stereocenters. The lowest BCUT2D eigenvalue weighted by atomic mass is 10.1. The summed E-state index contributed by atoms with van der Waals surface area (Å²) in [7, 11) is 0. The Bertz CT molecular complexity index is 1070. The maximum atomic E-state index is 12.4. The first-order valence-corrected chi connectivity index (χ1v) is 8.94. The van der Waals surface area contributed by atoms with Crippen molar-refractivity contribution in [3.63, 3.8) is 0 Å². The van der Waals surface area contributed by atoms with Crippen molar-refractivity contribution < 1.29 is 28.9 Å². The fourth-order valence-electron chi connectivity index (χ4n) is 2.66. The average Bonchev–Trinajstić information content (AvgIpc) is 2.73. The smallest absolute Gasteiger partial charge is 0.343 e. The Hall–Kier alpha value is -3.80. The fourth-order valence-corrected chi connectivity index (χ4v) is 2.66. The van der Waals surface area contributed by atoms with Crippen LogP contribution in [0, 0.1) is 6.92 Å². The molecular weight excluding hydrogens is 372 g/mol. The zero-order valence-corrected chi connectivity index (χ0v) is 15.9. The molecule has 0 amide bonds. The molecule has 3 rings (SSSR count). The van der Waals surface area contributed by atoms with Gasteiger partial charge in [-0.25, -0.2) is 9.59 Å². The van der Waals surface area contributed by atoms with Gasteiger partial charge in [0, 0.05) is 6.08 Å². The molecule has 1 N–H and O–H groups in total. The van der Waals surface area contributed by atoms with Gasteiger partial charge in [-0.3, -0.25) is 0 Å². The summed E-state index contributed by atoms with van der Waals surface area (Å²) in [4.78, 5) is 23.4. The number of carbonyl (C=O) groups excluding carboxylic acids is 2. The summed E-state index contributed by atoms with van der Waals surface area (Å²) in [6.45, 7) is 5.40. The van der Waals surface area contributed by atoms with Gasteiger partial charge < -0.3 is 19.3 Å². The number of ether oxygens (including phenoxy) is 3. The SMILES string of the molecule is C=CC(=O)OCCOc1ccc2cc(C(=O)Oc3ccc(O)c(C)c3)ccc2c1. The maximum absolute atomic E-state index is 12.4. The molecule has 0 aliphatic heterocycles. The maximum Gasteiger partial charge on any atom is 0.343 e. The third-order valence-electron chi connectivity index (χ3n) is 4.19. The van der Waals surface area contributed by atoms with Crippen LogP contribution >= 0.6 is 0 Å². The van der Waals surface area contributed by atoms with Crippen LogP contribution in [-0.4, -0.2) is 30.3 Å². The van der Waals surface area contributed by atoms with Gasteiger partial charge in [0.2, 0.25) is 0 Å². The monoisotopic (exact) mass is 392 g/mol. The second kappa shape index (κ2) is 8.93. The van der Waals surface area contributed by atoms with E-state index in [0.717, 1.165) is 16.8 Å². The Morgan fingerprint density at radius 2 is 1.69 bits per heavy atom. The molecule has 0 bridgehead atoms. The quantitative estimate of drug-likeness (QED) is 0.281. The van der Waals surface area contributed by atoms with E-state index in [0.29, 0.717) is 22.6 Å². The van der Waals surface area contributed by atoms with Gasteiger partial charge in [-0.2, -0.15) is 0 Å². The topological polar surface area (TPSA) is 82.1 Å². The lowest BCUT2D eigenvalue weighted by Crippen LogP contribution is -2.10. The molecule has 6 heteroatoms. The molecular formula is C23H20O6. The van der Waals surface area contributed by atoms with Crippen LogP contribution in [0.3, 0.4) is 0 Å². The van der Waals surface area contributed by atoms with Gasteiger partial charge in [0.15, 0.2) is 0 Å². The molecule has 0 aliphatic carbocycles. The second-order valence-electron chi connectivity index (χ2n) is 6.28. The van der Waals surface area contributed by atoms with Crippen molar-refractivity contribution in [2.75, 3.05) is 13.2 Å². The number of aromatic hydroxyl groups is 1. The Morgan fingerprint density at radius 3 is 2.45 bits per heavy atom. The van der Waals surface area contributed by atoms with E-state index in [9.17, 15) is 14.7 Å². The molecule has 0 radical (unpaired) electrons. The lowest BCUT2D eigenvalue weighted by molar-refractivity contribution is -0.138. The molecule has 0 heterocycles. The molecule has 0 saturated carbocycles. The zero-order chi connectivity index (χ0) is 20.8. The highest BCUT2D eigenvalue weighted by Crippen LogP contribution is 2.25. The molecule has 0 spiro atoms. The van der Waals surface area contributed by atoms with Crippen molar-refractivity contribution in [2.24, 2.45) is 0 Å². The minimum Gasteiger partial charge on any atom is -0.508 e. The van der Waals surface area contributed by atoms with Gasteiger partial charge in [0.05, 0.1) is 5.56 Å². The number of hydrogen-bond donors (Lipinski definition) is 1. The van der Waals surface area contributed by atoms with Crippen LogP contribution in [0.1, 0.15) is 15.9 Å². The first kappa shape index (κ1) is 19.9. The van der Waals surface area contributed by atoms with Crippen LogP contribution in [0.15, 0.2) is 67.3 Å². The van der Waals surface area contributed by atoms with Crippen molar-refractivity contribution in [2.45, 2.75) is 6.92 Å². The molecule has 148 valence electrons. The van der Waals surface area contributed by atoms with Crippen molar-refractivity contribution in [3.8, 4) is 17.2 Å². The van der Waals surface area contributed by atoms with Crippen LogP contribution in [0.4, 0.5) is 0 Å². The van der Waals surface area contributed by atoms with Crippen molar-refractivity contribution in [1.82, 2.24) is 0 Å². The summed E-state index contributed by atoms with van der Waals surface area (Å²) in [6.07, 6.45) is 1.10. The van der Waals surface area contributed by atoms with Gasteiger partial charge in [-0.15, -0.1) is 0 Å². The largest absolute Gasteiger partial charge is 0.508 e. The molecule has 0 fully saturated rings. The van der Waals surface area contributed by atoms with Crippen molar-refractivity contribution >= 4 is 22.7 Å². The first-order valence-electron chi connectivity index (χ1n) is 8.94. The number of hydrogen-bond acceptors (Lipinski definition) is 6. The first-order chi connectivity index (χ1) is 14.0. The highest BCUT2D eigenvalue weighted by atomic mass is 16.6. The average molecular weight is 392 g/mol. The summed E-state index contributed by atoms with van der Waals surface area (Å²) < 4.78 is 15.8. The van der Waals surface area contributed by atoms with Crippen molar-refractivity contribution in [3.05, 3.63) is 78.4 Å². The summed E-state index contributed by atoms with van der Waals surface area (Å²) in [5.74, 6) is 0.163. The standard InChI is InChI=1S/C23H20O6/c1-3-22(25)28-11-10-27-19-7-6-16-13-18(5-4-17(16)14-19)23(26)29-20-8-9-21(24)15(2)12-20/h3-9,12-14,24H,1,10-11H2,2H3. The molecule has 3 aromatic carbocycles. The predicted molar refractivity (Wildman–Crippen MR) is 108 cm³/mol. The number of esters is 2. The summed E-state index contributed by atoms with van der Waals surface area (Å²) in [5.41, 5.74) is 1.04. The number of phenols is 1. The van der Waals surface area contributed by atoms with Gasteiger partial charge in [0.1, 0.15) is 30.5 Å². The zero-order valence-electron chi connectivity index (χ0n) is 15.9. The van der Waals surface area contributed by atoms with E-state index in [-0.39, 0.29) is 19.0 Å². The second-order valence-corrected chi connectivity index (χ2v) is 6.28. The van der Waals surface area contributed by atoms with E-state index in [1.165, 1.54) is 12.1 Å². The highest BCUT2D eigenvalue weighted by Gasteiger charge is 2.11. The van der Waals surface area contributed by atoms with Crippen LogP contribution < -0.4 is 9.47 Å². The molecule has 6 nitrogen and oxygen atoms in total. The van der Waals surface area contributed by atoms with Gasteiger partial charge >= 0.3 is 11.9 Å². The summed E-state index contributed by atoms with van der Waals surface area (Å²) in [5, 5.41) is 11.3. The fraction of sp³-hybridized carbons (Fsp3) is 0.130. The van der Waals surface area contributed by atoms with Crippen LogP contribution in [0.25, 0.3) is 10.8 Å². The van der Waals surface area contributed by atoms with E-state index >= 15 is 0 Å². The number of carbonyl (C=O) groups is 2. The minimum absolute atomic E-state index is 0.129. The number of fused-ring (bicyclic) bond motifs is 1. The van der Waals surface area contributed by atoms with Crippen LogP contribution in [0.5, 0.6) is 17.2 Å². The molecule has 0 saturated heterocycles. The number of benzene rings is 3. The molecule has 0 aliphatic rings. The molecule has 3 aromatic rings. The van der Waals surface area contributed by atoms with Crippen LogP contribution in [-0.2, 0) is 9.53 Å². The number of phenolic OH excluding ortho intramolecular Hbond substituents is 1. The number of rotatable bonds is 7. The Labute approximate surface area is 167 Å². The summed E-state index contributed by atoms with van der Waals surface area (Å²) in [6, 6.07) is 15.3. The molecule has 0 aromatic heterocycles. The third kappa shape index (κ3) is 5.13. The summed E-state index contributed by atoms with van der Waals surface area (Å²) >= 11 is 0. The van der Waals surface area contributed by atoms with Gasteiger partial charge in [-0.05, 0) is 65.7 Å². The van der Waals surface area contributed by atoms with Crippen molar-refractivity contribution in [1.29, 1.82) is 0 Å². The van der Waals surface area contributed by atoms with E-state index in [1.54, 1.807) is 37.3 Å². The number of aryl methyl sites for hydroxylation is 1. The Morgan fingerprint density at radius 1 is 0.966 bits per heavy atom. The Kier molecular flexibility index (Phi) is 6.14. The lowest BCUT2D eigenvalue weighted by Gasteiger charge is -2.09. The highest BCUT2D eigenvalue weighted by molar-refractivity contribution is 5.96. The van der Waals surface area contributed by atoms with E-state index in [4.69, 9.17) is 14.2 Å². The van der Waals surface area contributed by atoms with Gasteiger partial charge in [0.25, 0.3) is 0 Å². The van der Waals surface area contributed by atoms with E-state index < -0.39 is 11.9 Å². The normalized spacial score (nSPS) is 10.4. The van der Waals surface area contributed by atoms with Gasteiger partial charge in [-0.1, -0.05) is 18.7 Å². The Balaban J connectivity index is 1.66. The van der Waals surface area contributed by atoms with E-state index in [2.05, 4.69) is 6.58 Å². The van der Waals surface area contributed by atoms with Crippen LogP contribution in [0.2, 0.25) is 0 Å². The third-order valence-corrected chi connectivity index (χ3v) is 4.19.